The highest BCUT2D eigenvalue weighted by Gasteiger charge is 2.44. The SMILES string of the molecule is C[C@@H](OC(=O)Nc1ocnc1-c1ccc(-c2ccc(C3(C=O)CC3)cc2)cc1)c1ccccc1. The van der Waals surface area contributed by atoms with E-state index in [-0.39, 0.29) is 11.3 Å². The van der Waals surface area contributed by atoms with E-state index >= 15 is 0 Å². The number of amides is 1. The Kier molecular flexibility index (Phi) is 5.72. The molecular formula is C28H24N2O4. The van der Waals surface area contributed by atoms with E-state index in [9.17, 15) is 9.59 Å². The molecule has 5 rings (SSSR count). The summed E-state index contributed by atoms with van der Waals surface area (Å²) in [5, 5.41) is 2.65. The Hall–Kier alpha value is -4.19. The zero-order valence-electron chi connectivity index (χ0n) is 18.7. The minimum Gasteiger partial charge on any atom is -0.441 e. The Labute approximate surface area is 197 Å². The summed E-state index contributed by atoms with van der Waals surface area (Å²) in [6, 6.07) is 25.5. The van der Waals surface area contributed by atoms with Crippen LogP contribution in [0.15, 0.2) is 89.7 Å². The molecule has 1 aliphatic rings. The van der Waals surface area contributed by atoms with Gasteiger partial charge in [-0.05, 0) is 42.0 Å². The van der Waals surface area contributed by atoms with Crippen molar-refractivity contribution in [3.63, 3.8) is 0 Å². The van der Waals surface area contributed by atoms with Crippen LogP contribution in [0.25, 0.3) is 22.4 Å². The van der Waals surface area contributed by atoms with Crippen molar-refractivity contribution < 1.29 is 18.7 Å². The molecule has 1 aromatic heterocycles. The second-order valence-corrected chi connectivity index (χ2v) is 8.54. The molecule has 0 radical (unpaired) electrons. The van der Waals surface area contributed by atoms with Gasteiger partial charge in [-0.15, -0.1) is 0 Å². The summed E-state index contributed by atoms with van der Waals surface area (Å²) in [5.41, 5.74) is 5.14. The van der Waals surface area contributed by atoms with Crippen molar-refractivity contribution in [2.45, 2.75) is 31.3 Å². The molecule has 0 bridgehead atoms. The summed E-state index contributed by atoms with van der Waals surface area (Å²) in [6.45, 7) is 1.81. The first-order valence-corrected chi connectivity index (χ1v) is 11.2. The molecule has 1 fully saturated rings. The van der Waals surface area contributed by atoms with Crippen molar-refractivity contribution in [1.82, 2.24) is 4.98 Å². The highest BCUT2D eigenvalue weighted by Crippen LogP contribution is 2.46. The first kappa shape index (κ1) is 21.6. The Balaban J connectivity index is 1.27. The van der Waals surface area contributed by atoms with Crippen molar-refractivity contribution in [2.24, 2.45) is 0 Å². The number of hydrogen-bond acceptors (Lipinski definition) is 5. The summed E-state index contributed by atoms with van der Waals surface area (Å²) in [4.78, 5) is 28.0. The van der Waals surface area contributed by atoms with E-state index in [4.69, 9.17) is 9.15 Å². The van der Waals surface area contributed by atoms with E-state index in [1.807, 2.05) is 85.8 Å². The minimum atomic E-state index is -0.616. The van der Waals surface area contributed by atoms with Crippen molar-refractivity contribution in [1.29, 1.82) is 0 Å². The smallest absolute Gasteiger partial charge is 0.414 e. The number of nitrogens with one attached hydrogen (secondary N) is 1. The van der Waals surface area contributed by atoms with E-state index in [0.717, 1.165) is 46.9 Å². The molecular weight excluding hydrogens is 428 g/mol. The summed E-state index contributed by atoms with van der Waals surface area (Å²) >= 11 is 0. The second-order valence-electron chi connectivity index (χ2n) is 8.54. The zero-order chi connectivity index (χ0) is 23.5. The molecule has 0 spiro atoms. The number of carbonyl (C=O) groups is 2. The number of benzene rings is 3. The summed E-state index contributed by atoms with van der Waals surface area (Å²) < 4.78 is 10.9. The summed E-state index contributed by atoms with van der Waals surface area (Å²) in [5.74, 6) is 0.228. The lowest BCUT2D eigenvalue weighted by atomic mass is 9.94. The molecule has 1 heterocycles. The van der Waals surface area contributed by atoms with Gasteiger partial charge in [-0.2, -0.15) is 0 Å². The topological polar surface area (TPSA) is 81.4 Å². The van der Waals surface area contributed by atoms with Gasteiger partial charge in [0.25, 0.3) is 0 Å². The number of oxazole rings is 1. The maximum Gasteiger partial charge on any atom is 0.414 e. The van der Waals surface area contributed by atoms with Crippen molar-refractivity contribution in [3.05, 3.63) is 96.4 Å². The highest BCUT2D eigenvalue weighted by molar-refractivity contribution is 5.88. The molecule has 3 aromatic carbocycles. The molecule has 1 saturated carbocycles. The first-order chi connectivity index (χ1) is 16.6. The van der Waals surface area contributed by atoms with Crippen LogP contribution in [-0.4, -0.2) is 17.4 Å². The number of nitrogens with zero attached hydrogens (tertiary/aromatic N) is 1. The van der Waals surface area contributed by atoms with Crippen molar-refractivity contribution in [3.8, 4) is 22.4 Å². The molecule has 6 heteroatoms. The average Bonchev–Trinajstić information content (AvgIpc) is 3.56. The second kappa shape index (κ2) is 8.98. The van der Waals surface area contributed by atoms with Crippen LogP contribution in [0.4, 0.5) is 10.7 Å². The summed E-state index contributed by atoms with van der Waals surface area (Å²) in [7, 11) is 0. The molecule has 34 heavy (non-hydrogen) atoms. The number of hydrogen-bond donors (Lipinski definition) is 1. The molecule has 0 unspecified atom stereocenters. The Bertz CT molecular complexity index is 1290. The van der Waals surface area contributed by atoms with E-state index in [2.05, 4.69) is 10.3 Å². The van der Waals surface area contributed by atoms with E-state index in [0.29, 0.717) is 5.69 Å². The van der Waals surface area contributed by atoms with Crippen molar-refractivity contribution >= 4 is 18.3 Å². The normalized spacial score (nSPS) is 14.7. The fourth-order valence-corrected chi connectivity index (χ4v) is 4.04. The number of rotatable bonds is 7. The van der Waals surface area contributed by atoms with Gasteiger partial charge in [-0.25, -0.2) is 9.78 Å². The van der Waals surface area contributed by atoms with E-state index < -0.39 is 12.2 Å². The van der Waals surface area contributed by atoms with E-state index in [1.54, 1.807) is 0 Å². The number of aromatic nitrogens is 1. The maximum absolute atomic E-state index is 12.4. The number of anilines is 1. The lowest BCUT2D eigenvalue weighted by Gasteiger charge is -2.13. The van der Waals surface area contributed by atoms with Crippen LogP contribution in [0.2, 0.25) is 0 Å². The molecule has 1 aliphatic carbocycles. The number of ether oxygens (including phenoxy) is 1. The van der Waals surface area contributed by atoms with Crippen LogP contribution >= 0.6 is 0 Å². The lowest BCUT2D eigenvalue weighted by Crippen LogP contribution is -2.16. The molecule has 170 valence electrons. The Morgan fingerprint density at radius 3 is 2.21 bits per heavy atom. The Morgan fingerprint density at radius 2 is 1.59 bits per heavy atom. The van der Waals surface area contributed by atoms with Crippen molar-refractivity contribution in [2.75, 3.05) is 5.32 Å². The molecule has 0 aliphatic heterocycles. The number of carbonyl (C=O) groups excluding carboxylic acids is 2. The average molecular weight is 453 g/mol. The van der Waals surface area contributed by atoms with Gasteiger partial charge in [0.15, 0.2) is 6.39 Å². The van der Waals surface area contributed by atoms with Crippen LogP contribution in [0.3, 0.4) is 0 Å². The molecule has 1 N–H and O–H groups in total. The zero-order valence-corrected chi connectivity index (χ0v) is 18.7. The van der Waals surface area contributed by atoms with E-state index in [1.165, 1.54) is 6.39 Å². The quantitative estimate of drug-likeness (QED) is 0.322. The van der Waals surface area contributed by atoms with Gasteiger partial charge in [0.2, 0.25) is 5.88 Å². The Morgan fingerprint density at radius 1 is 0.971 bits per heavy atom. The third kappa shape index (κ3) is 4.35. The van der Waals surface area contributed by atoms with Crippen LogP contribution < -0.4 is 5.32 Å². The molecule has 6 nitrogen and oxygen atoms in total. The minimum absolute atomic E-state index is 0.228. The standard InChI is InChI=1S/C28H24N2O4/c1-19(20-5-3-2-4-6-20)34-27(32)30-26-25(29-18-33-26)23-9-7-21(8-10-23)22-11-13-24(14-12-22)28(17-31)15-16-28/h2-14,17-19H,15-16H2,1H3,(H,30,32)/t19-/m1/s1. The fraction of sp³-hybridized carbons (Fsp3) is 0.179. The van der Waals surface area contributed by atoms with Gasteiger partial charge in [0.05, 0.1) is 5.41 Å². The van der Waals surface area contributed by atoms with Gasteiger partial charge in [0.1, 0.15) is 18.1 Å². The largest absolute Gasteiger partial charge is 0.441 e. The van der Waals surface area contributed by atoms with Crippen LogP contribution in [-0.2, 0) is 14.9 Å². The fourth-order valence-electron chi connectivity index (χ4n) is 4.04. The molecule has 0 saturated heterocycles. The van der Waals surface area contributed by atoms with Crippen LogP contribution in [0, 0.1) is 0 Å². The predicted octanol–water partition coefficient (Wildman–Crippen LogP) is 6.55. The van der Waals surface area contributed by atoms with Gasteiger partial charge in [0, 0.05) is 5.56 Å². The predicted molar refractivity (Wildman–Crippen MR) is 129 cm³/mol. The molecule has 1 atom stereocenters. The van der Waals surface area contributed by atoms with Gasteiger partial charge in [-0.1, -0.05) is 78.9 Å². The first-order valence-electron chi connectivity index (χ1n) is 11.2. The molecule has 4 aromatic rings. The van der Waals surface area contributed by atoms with Gasteiger partial charge >= 0.3 is 6.09 Å². The van der Waals surface area contributed by atoms with Crippen LogP contribution in [0.5, 0.6) is 0 Å². The third-order valence-corrected chi connectivity index (χ3v) is 6.30. The maximum atomic E-state index is 12.4. The summed E-state index contributed by atoms with van der Waals surface area (Å²) in [6.07, 6.45) is 3.20. The number of aldehydes is 1. The lowest BCUT2D eigenvalue weighted by molar-refractivity contribution is -0.109. The third-order valence-electron chi connectivity index (χ3n) is 6.30. The highest BCUT2D eigenvalue weighted by atomic mass is 16.6. The van der Waals surface area contributed by atoms with Gasteiger partial charge < -0.3 is 13.9 Å². The molecule has 1 amide bonds. The monoisotopic (exact) mass is 452 g/mol. The van der Waals surface area contributed by atoms with Crippen LogP contribution in [0.1, 0.15) is 37.0 Å². The van der Waals surface area contributed by atoms with Gasteiger partial charge in [-0.3, -0.25) is 5.32 Å².